The average Bonchev–Trinajstić information content (AvgIpc) is 2.66. The summed E-state index contributed by atoms with van der Waals surface area (Å²) >= 11 is 0. The van der Waals surface area contributed by atoms with Crippen molar-refractivity contribution in [3.63, 3.8) is 0 Å². The van der Waals surface area contributed by atoms with E-state index < -0.39 is 0 Å². The topological polar surface area (TPSA) is 0 Å². The molecular formula is C28H26. The van der Waals surface area contributed by atoms with Gasteiger partial charge in [0.1, 0.15) is 0 Å². The van der Waals surface area contributed by atoms with Gasteiger partial charge >= 0.3 is 0 Å². The van der Waals surface area contributed by atoms with Crippen LogP contribution in [0.5, 0.6) is 0 Å². The second kappa shape index (κ2) is 5.82. The summed E-state index contributed by atoms with van der Waals surface area (Å²) in [4.78, 5) is 0. The molecule has 0 aromatic heterocycles. The number of hydrogen-bond acceptors (Lipinski definition) is 0. The summed E-state index contributed by atoms with van der Waals surface area (Å²) < 4.78 is 0. The van der Waals surface area contributed by atoms with E-state index in [4.69, 9.17) is 0 Å². The first-order valence-corrected chi connectivity index (χ1v) is 10.1. The van der Waals surface area contributed by atoms with Gasteiger partial charge in [-0.1, -0.05) is 81.4 Å². The van der Waals surface area contributed by atoms with Gasteiger partial charge in [-0.15, -0.1) is 0 Å². The zero-order valence-electron chi connectivity index (χ0n) is 17.4. The molecule has 0 saturated carbocycles. The normalized spacial score (nSPS) is 12.5. The largest absolute Gasteiger partial charge is 0.0581 e. The Hall–Kier alpha value is -2.86. The molecule has 0 aliphatic heterocycles. The van der Waals surface area contributed by atoms with Crippen LogP contribution in [0.1, 0.15) is 37.5 Å². The molecule has 0 amide bonds. The molecule has 0 saturated heterocycles. The van der Waals surface area contributed by atoms with Gasteiger partial charge in [-0.3, -0.25) is 0 Å². The van der Waals surface area contributed by atoms with E-state index in [-0.39, 0.29) is 5.41 Å². The van der Waals surface area contributed by atoms with Gasteiger partial charge in [-0.25, -0.2) is 0 Å². The molecule has 0 radical (unpaired) electrons. The molecule has 0 heterocycles. The van der Waals surface area contributed by atoms with E-state index in [9.17, 15) is 0 Å². The van der Waals surface area contributed by atoms with Crippen molar-refractivity contribution in [1.29, 1.82) is 0 Å². The Morgan fingerprint density at radius 2 is 1.25 bits per heavy atom. The van der Waals surface area contributed by atoms with Gasteiger partial charge in [-0.2, -0.15) is 0 Å². The van der Waals surface area contributed by atoms with Gasteiger partial charge < -0.3 is 0 Å². The van der Waals surface area contributed by atoms with E-state index >= 15 is 0 Å². The summed E-state index contributed by atoms with van der Waals surface area (Å²) in [5.74, 6) is 0. The van der Waals surface area contributed by atoms with Crippen molar-refractivity contribution < 1.29 is 0 Å². The van der Waals surface area contributed by atoms with Crippen molar-refractivity contribution in [2.24, 2.45) is 0 Å². The molecule has 5 aromatic rings. The fraction of sp³-hybridized carbons (Fsp3) is 0.214. The second-order valence-corrected chi connectivity index (χ2v) is 9.26. The summed E-state index contributed by atoms with van der Waals surface area (Å²) in [5.41, 5.74) is 6.84. The van der Waals surface area contributed by atoms with Crippen molar-refractivity contribution in [3.05, 3.63) is 83.4 Å². The van der Waals surface area contributed by atoms with Crippen LogP contribution >= 0.6 is 0 Å². The van der Waals surface area contributed by atoms with Gasteiger partial charge in [0.05, 0.1) is 0 Å². The Labute approximate surface area is 167 Å². The lowest BCUT2D eigenvalue weighted by atomic mass is 9.84. The van der Waals surface area contributed by atoms with Crippen molar-refractivity contribution >= 4 is 32.3 Å². The summed E-state index contributed by atoms with van der Waals surface area (Å²) in [5, 5.41) is 8.21. The van der Waals surface area contributed by atoms with Crippen LogP contribution in [-0.2, 0) is 5.41 Å². The van der Waals surface area contributed by atoms with E-state index in [2.05, 4.69) is 101 Å². The van der Waals surface area contributed by atoms with Gasteiger partial charge in [0.15, 0.2) is 0 Å². The van der Waals surface area contributed by atoms with Crippen LogP contribution in [0.25, 0.3) is 43.4 Å². The first kappa shape index (κ1) is 17.3. The molecule has 0 aliphatic carbocycles. The van der Waals surface area contributed by atoms with E-state index in [0.717, 1.165) is 0 Å². The first-order valence-electron chi connectivity index (χ1n) is 10.1. The first-order chi connectivity index (χ1) is 13.3. The highest BCUT2D eigenvalue weighted by Crippen LogP contribution is 2.42. The summed E-state index contributed by atoms with van der Waals surface area (Å²) in [6.07, 6.45) is 0. The van der Waals surface area contributed by atoms with E-state index in [1.54, 1.807) is 0 Å². The maximum absolute atomic E-state index is 2.41. The van der Waals surface area contributed by atoms with E-state index in [0.29, 0.717) is 0 Å². The van der Waals surface area contributed by atoms with Crippen LogP contribution in [0.4, 0.5) is 0 Å². The van der Waals surface area contributed by atoms with E-state index in [1.807, 2.05) is 0 Å². The average molecular weight is 363 g/mol. The highest BCUT2D eigenvalue weighted by Gasteiger charge is 2.16. The summed E-state index contributed by atoms with van der Waals surface area (Å²) in [6.45, 7) is 11.2. The molecule has 0 spiro atoms. The number of rotatable bonds is 1. The maximum atomic E-state index is 2.41. The van der Waals surface area contributed by atoms with Gasteiger partial charge in [0.2, 0.25) is 0 Å². The molecule has 0 N–H and O–H groups in total. The number of aryl methyl sites for hydroxylation is 2. The molecular weight excluding hydrogens is 336 g/mol. The minimum absolute atomic E-state index is 0.171. The lowest BCUT2D eigenvalue weighted by Gasteiger charge is -2.20. The smallest absolute Gasteiger partial charge is 0.00203 e. The zero-order chi connectivity index (χ0) is 19.6. The van der Waals surface area contributed by atoms with E-state index in [1.165, 1.54) is 60.1 Å². The maximum Gasteiger partial charge on any atom is -0.00203 e. The minimum atomic E-state index is 0.171. The predicted octanol–water partition coefficient (Wildman–Crippen LogP) is 8.17. The van der Waals surface area contributed by atoms with Gasteiger partial charge in [0, 0.05) is 0 Å². The zero-order valence-corrected chi connectivity index (χ0v) is 17.4. The summed E-state index contributed by atoms with van der Waals surface area (Å²) in [7, 11) is 0. The highest BCUT2D eigenvalue weighted by atomic mass is 14.2. The van der Waals surface area contributed by atoms with Crippen LogP contribution in [0.3, 0.4) is 0 Å². The SMILES string of the molecule is Cc1cc2ccc3ccc(C)c4cc(-c5ccc(C(C)(C)C)cc5)c(c1)c2c34. The molecule has 0 nitrogen and oxygen atoms in total. The lowest BCUT2D eigenvalue weighted by molar-refractivity contribution is 0.590. The molecule has 0 heteroatoms. The standard InChI is InChI=1S/C28H26/c1-17-14-21-9-8-20-7-6-18(2)23-16-24(25(15-17)27(21)26(20)23)19-10-12-22(13-11-19)28(3,4)5/h6-16H,1-5H3. The molecule has 0 bridgehead atoms. The van der Waals surface area contributed by atoms with Gasteiger partial charge in [0.25, 0.3) is 0 Å². The highest BCUT2D eigenvalue weighted by molar-refractivity contribution is 6.26. The molecule has 5 aromatic carbocycles. The Morgan fingerprint density at radius 1 is 0.607 bits per heavy atom. The Kier molecular flexibility index (Phi) is 3.58. The lowest BCUT2D eigenvalue weighted by Crippen LogP contribution is -2.10. The number of benzene rings is 5. The van der Waals surface area contributed by atoms with Crippen molar-refractivity contribution in [3.8, 4) is 11.1 Å². The van der Waals surface area contributed by atoms with Crippen LogP contribution in [0.2, 0.25) is 0 Å². The molecule has 0 unspecified atom stereocenters. The third-order valence-corrected chi connectivity index (χ3v) is 6.14. The minimum Gasteiger partial charge on any atom is -0.0581 e. The number of hydrogen-bond donors (Lipinski definition) is 0. The molecule has 0 fully saturated rings. The molecule has 5 rings (SSSR count). The molecule has 28 heavy (non-hydrogen) atoms. The van der Waals surface area contributed by atoms with Crippen LogP contribution in [0.15, 0.2) is 66.7 Å². The van der Waals surface area contributed by atoms with Crippen LogP contribution in [-0.4, -0.2) is 0 Å². The monoisotopic (exact) mass is 362 g/mol. The Bertz CT molecular complexity index is 1330. The van der Waals surface area contributed by atoms with Crippen molar-refractivity contribution in [2.75, 3.05) is 0 Å². The van der Waals surface area contributed by atoms with Gasteiger partial charge in [-0.05, 0) is 85.5 Å². The predicted molar refractivity (Wildman–Crippen MR) is 124 cm³/mol. The summed E-state index contributed by atoms with van der Waals surface area (Å²) in [6, 6.07) is 25.3. The Morgan fingerprint density at radius 3 is 1.96 bits per heavy atom. The second-order valence-electron chi connectivity index (χ2n) is 9.26. The van der Waals surface area contributed by atoms with Crippen LogP contribution in [0, 0.1) is 13.8 Å². The molecule has 0 aliphatic rings. The molecule has 138 valence electrons. The van der Waals surface area contributed by atoms with Crippen molar-refractivity contribution in [2.45, 2.75) is 40.0 Å². The quantitative estimate of drug-likeness (QED) is 0.264. The fourth-order valence-corrected chi connectivity index (χ4v) is 4.57. The molecule has 0 atom stereocenters. The van der Waals surface area contributed by atoms with Crippen molar-refractivity contribution in [1.82, 2.24) is 0 Å². The third-order valence-electron chi connectivity index (χ3n) is 6.14. The third kappa shape index (κ3) is 2.52. The Balaban J connectivity index is 1.91. The van der Waals surface area contributed by atoms with Crippen LogP contribution < -0.4 is 0 Å². The fourth-order valence-electron chi connectivity index (χ4n) is 4.57.